The molecule has 0 fully saturated rings. The number of amides is 1. The van der Waals surface area contributed by atoms with Gasteiger partial charge in [-0.25, -0.2) is 4.79 Å². The average molecular weight is 306 g/mol. The quantitative estimate of drug-likeness (QED) is 0.628. The van der Waals surface area contributed by atoms with Crippen LogP contribution in [-0.4, -0.2) is 40.1 Å². The van der Waals surface area contributed by atoms with Crippen LogP contribution < -0.4 is 5.32 Å². The zero-order valence-electron chi connectivity index (χ0n) is 10.9. The summed E-state index contributed by atoms with van der Waals surface area (Å²) in [6, 6.07) is -0.825. The largest absolute Gasteiger partial charge is 0.464 e. The van der Waals surface area contributed by atoms with Crippen molar-refractivity contribution in [2.24, 2.45) is 7.05 Å². The molecule has 1 aromatic rings. The molecule has 1 rings (SSSR count). The van der Waals surface area contributed by atoms with Crippen molar-refractivity contribution >= 4 is 36.1 Å². The van der Waals surface area contributed by atoms with E-state index in [2.05, 4.69) is 23.0 Å². The van der Waals surface area contributed by atoms with E-state index in [4.69, 9.17) is 16.3 Å². The second-order valence-corrected chi connectivity index (χ2v) is 4.58. The normalized spacial score (nSPS) is 12.1. The van der Waals surface area contributed by atoms with Gasteiger partial charge in [-0.15, -0.1) is 0 Å². The molecule has 0 unspecified atom stereocenters. The van der Waals surface area contributed by atoms with Crippen LogP contribution in [0.4, 0.5) is 0 Å². The minimum Gasteiger partial charge on any atom is -0.464 e. The standard InChI is InChI=1S/C11H16ClN3O3S/c1-4-18-11(17)7(5-19)13-10(16)9-8(12)6(2)15(3)14-9/h7,19H,4-5H2,1-3H3,(H,13,16)/t7-/m0/s1. The predicted octanol–water partition coefficient (Wildman–Crippen LogP) is 0.973. The molecule has 1 heterocycles. The fraction of sp³-hybridized carbons (Fsp3) is 0.545. The third-order valence-electron chi connectivity index (χ3n) is 2.54. The van der Waals surface area contributed by atoms with E-state index in [9.17, 15) is 9.59 Å². The summed E-state index contributed by atoms with van der Waals surface area (Å²) in [4.78, 5) is 23.5. The number of halogens is 1. The van der Waals surface area contributed by atoms with Gasteiger partial charge in [-0.1, -0.05) is 11.6 Å². The van der Waals surface area contributed by atoms with Crippen LogP contribution in [0.25, 0.3) is 0 Å². The Kier molecular flexibility index (Phi) is 5.68. The summed E-state index contributed by atoms with van der Waals surface area (Å²) < 4.78 is 6.33. The zero-order valence-corrected chi connectivity index (χ0v) is 12.6. The number of ether oxygens (including phenoxy) is 1. The Bertz CT molecular complexity index is 490. The minimum absolute atomic E-state index is 0.0812. The lowest BCUT2D eigenvalue weighted by atomic mass is 10.3. The monoisotopic (exact) mass is 305 g/mol. The van der Waals surface area contributed by atoms with E-state index in [0.717, 1.165) is 0 Å². The van der Waals surface area contributed by atoms with Crippen molar-refractivity contribution in [2.75, 3.05) is 12.4 Å². The molecule has 19 heavy (non-hydrogen) atoms. The number of carbonyl (C=O) groups is 2. The van der Waals surface area contributed by atoms with Crippen LogP contribution in [0.5, 0.6) is 0 Å². The van der Waals surface area contributed by atoms with Gasteiger partial charge in [0.2, 0.25) is 0 Å². The summed E-state index contributed by atoms with van der Waals surface area (Å²) in [5.41, 5.74) is 0.753. The Labute approximate surface area is 121 Å². The highest BCUT2D eigenvalue weighted by Gasteiger charge is 2.25. The fourth-order valence-corrected chi connectivity index (χ4v) is 1.86. The van der Waals surface area contributed by atoms with Crippen LogP contribution in [0.1, 0.15) is 23.1 Å². The fourth-order valence-electron chi connectivity index (χ4n) is 1.38. The Balaban J connectivity index is 2.83. The van der Waals surface area contributed by atoms with E-state index in [1.165, 1.54) is 4.68 Å². The number of carbonyl (C=O) groups excluding carboxylic acids is 2. The van der Waals surface area contributed by atoms with Crippen LogP contribution >= 0.6 is 24.2 Å². The number of nitrogens with zero attached hydrogens (tertiary/aromatic N) is 2. The number of hydrogen-bond donors (Lipinski definition) is 2. The molecule has 1 aromatic heterocycles. The van der Waals surface area contributed by atoms with Gasteiger partial charge >= 0.3 is 5.97 Å². The number of aryl methyl sites for hydroxylation is 1. The maximum absolute atomic E-state index is 12.0. The van der Waals surface area contributed by atoms with Crippen molar-refractivity contribution in [1.29, 1.82) is 0 Å². The molecule has 6 nitrogen and oxygen atoms in total. The second kappa shape index (κ2) is 6.81. The Morgan fingerprint density at radius 3 is 2.63 bits per heavy atom. The Morgan fingerprint density at radius 1 is 1.58 bits per heavy atom. The SMILES string of the molecule is CCOC(=O)[C@H](CS)NC(=O)c1nn(C)c(C)c1Cl. The first-order valence-electron chi connectivity index (χ1n) is 5.69. The van der Waals surface area contributed by atoms with Gasteiger partial charge in [0.15, 0.2) is 5.69 Å². The number of hydrogen-bond acceptors (Lipinski definition) is 5. The van der Waals surface area contributed by atoms with Crippen LogP contribution in [0, 0.1) is 6.92 Å². The maximum Gasteiger partial charge on any atom is 0.329 e. The summed E-state index contributed by atoms with van der Waals surface area (Å²) in [6.07, 6.45) is 0. The number of nitrogens with one attached hydrogen (secondary N) is 1. The first-order valence-corrected chi connectivity index (χ1v) is 6.70. The van der Waals surface area contributed by atoms with Gasteiger partial charge in [0.05, 0.1) is 17.3 Å². The van der Waals surface area contributed by atoms with Crippen molar-refractivity contribution in [3.8, 4) is 0 Å². The number of rotatable bonds is 5. The zero-order chi connectivity index (χ0) is 14.6. The highest BCUT2D eigenvalue weighted by molar-refractivity contribution is 7.80. The van der Waals surface area contributed by atoms with Crippen LogP contribution in [0.15, 0.2) is 0 Å². The van der Waals surface area contributed by atoms with Crippen molar-refractivity contribution in [3.05, 3.63) is 16.4 Å². The minimum atomic E-state index is -0.825. The van der Waals surface area contributed by atoms with Crippen molar-refractivity contribution in [3.63, 3.8) is 0 Å². The summed E-state index contributed by atoms with van der Waals surface area (Å²) in [6.45, 7) is 3.67. The Morgan fingerprint density at radius 2 is 2.21 bits per heavy atom. The predicted molar refractivity (Wildman–Crippen MR) is 74.7 cm³/mol. The van der Waals surface area contributed by atoms with Gasteiger partial charge < -0.3 is 10.1 Å². The molecule has 1 atom stereocenters. The molecule has 106 valence electrons. The van der Waals surface area contributed by atoms with E-state index < -0.39 is 17.9 Å². The third-order valence-corrected chi connectivity index (χ3v) is 3.35. The van der Waals surface area contributed by atoms with Gasteiger partial charge in [-0.3, -0.25) is 9.48 Å². The molecule has 0 aliphatic heterocycles. The van der Waals surface area contributed by atoms with Crippen LogP contribution in [-0.2, 0) is 16.6 Å². The summed E-state index contributed by atoms with van der Waals surface area (Å²) in [5.74, 6) is -0.927. The molecule has 0 spiro atoms. The molecular weight excluding hydrogens is 290 g/mol. The molecule has 0 saturated heterocycles. The number of aromatic nitrogens is 2. The first-order chi connectivity index (χ1) is 8.92. The maximum atomic E-state index is 12.0. The van der Waals surface area contributed by atoms with Crippen molar-refractivity contribution < 1.29 is 14.3 Å². The Hall–Kier alpha value is -1.21. The van der Waals surface area contributed by atoms with Gasteiger partial charge in [-0.05, 0) is 13.8 Å². The van der Waals surface area contributed by atoms with E-state index in [1.54, 1.807) is 20.9 Å². The third kappa shape index (κ3) is 3.63. The molecule has 0 aliphatic carbocycles. The summed E-state index contributed by atoms with van der Waals surface area (Å²) in [7, 11) is 1.68. The van der Waals surface area contributed by atoms with Crippen molar-refractivity contribution in [2.45, 2.75) is 19.9 Å². The highest BCUT2D eigenvalue weighted by Crippen LogP contribution is 2.19. The number of thiol groups is 1. The van der Waals surface area contributed by atoms with E-state index in [1.807, 2.05) is 0 Å². The highest BCUT2D eigenvalue weighted by atomic mass is 35.5. The van der Waals surface area contributed by atoms with Gasteiger partial charge in [0.1, 0.15) is 6.04 Å². The first kappa shape index (κ1) is 15.8. The molecule has 0 bridgehead atoms. The molecule has 0 radical (unpaired) electrons. The molecular formula is C11H16ClN3O3S. The number of esters is 1. The molecule has 0 aliphatic rings. The molecule has 1 N–H and O–H groups in total. The molecule has 0 saturated carbocycles. The van der Waals surface area contributed by atoms with Gasteiger partial charge in [0, 0.05) is 12.8 Å². The molecule has 0 aromatic carbocycles. The second-order valence-electron chi connectivity index (χ2n) is 3.83. The van der Waals surface area contributed by atoms with E-state index in [0.29, 0.717) is 5.69 Å². The summed E-state index contributed by atoms with van der Waals surface area (Å²) >= 11 is 10.0. The van der Waals surface area contributed by atoms with Crippen molar-refractivity contribution in [1.82, 2.24) is 15.1 Å². The topological polar surface area (TPSA) is 73.2 Å². The van der Waals surface area contributed by atoms with Gasteiger partial charge in [0.25, 0.3) is 5.91 Å². The average Bonchev–Trinajstić information content (AvgIpc) is 2.63. The summed E-state index contributed by atoms with van der Waals surface area (Å²) in [5, 5.41) is 6.76. The van der Waals surface area contributed by atoms with Crippen LogP contribution in [0.3, 0.4) is 0 Å². The van der Waals surface area contributed by atoms with E-state index in [-0.39, 0.29) is 23.1 Å². The smallest absolute Gasteiger partial charge is 0.329 e. The van der Waals surface area contributed by atoms with E-state index >= 15 is 0 Å². The van der Waals surface area contributed by atoms with Crippen LogP contribution in [0.2, 0.25) is 5.02 Å². The lowest BCUT2D eigenvalue weighted by molar-refractivity contribution is -0.144. The lowest BCUT2D eigenvalue weighted by Gasteiger charge is -2.14. The molecule has 1 amide bonds. The lowest BCUT2D eigenvalue weighted by Crippen LogP contribution is -2.43. The van der Waals surface area contributed by atoms with Gasteiger partial charge in [-0.2, -0.15) is 17.7 Å². The molecule has 8 heteroatoms.